The molecular formula is C20H28FN3O2. The quantitative estimate of drug-likeness (QED) is 0.891. The van der Waals surface area contributed by atoms with Gasteiger partial charge in [-0.1, -0.05) is 6.42 Å². The molecule has 1 aromatic carbocycles. The Kier molecular flexibility index (Phi) is 5.41. The fraction of sp³-hybridized carbons (Fsp3) is 0.650. The zero-order chi connectivity index (χ0) is 17.9. The molecule has 0 unspecified atom stereocenters. The monoisotopic (exact) mass is 361 g/mol. The topological polar surface area (TPSA) is 44.8 Å². The first-order valence-corrected chi connectivity index (χ1v) is 9.87. The fourth-order valence-electron chi connectivity index (χ4n) is 4.18. The van der Waals surface area contributed by atoms with Gasteiger partial charge in [-0.05, 0) is 43.5 Å². The largest absolute Gasteiger partial charge is 0.489 e. The maximum atomic E-state index is 13.0. The summed E-state index contributed by atoms with van der Waals surface area (Å²) in [6.45, 7) is 4.44. The van der Waals surface area contributed by atoms with E-state index >= 15 is 0 Å². The Morgan fingerprint density at radius 3 is 2.62 bits per heavy atom. The normalized spacial score (nSPS) is 27.8. The van der Waals surface area contributed by atoms with Crippen molar-refractivity contribution < 1.29 is 13.9 Å². The van der Waals surface area contributed by atoms with Crippen molar-refractivity contribution in [3.8, 4) is 5.75 Å². The van der Waals surface area contributed by atoms with Crippen molar-refractivity contribution in [2.45, 2.75) is 50.3 Å². The van der Waals surface area contributed by atoms with Crippen molar-refractivity contribution in [1.82, 2.24) is 15.1 Å². The molecule has 0 spiro atoms. The molecule has 5 nitrogen and oxygen atoms in total. The van der Waals surface area contributed by atoms with E-state index in [0.717, 1.165) is 38.6 Å². The van der Waals surface area contributed by atoms with E-state index in [9.17, 15) is 9.18 Å². The number of carbonyl (C=O) groups excluding carboxylic acids is 1. The molecular weight excluding hydrogens is 333 g/mol. The van der Waals surface area contributed by atoms with Crippen molar-refractivity contribution in [3.05, 3.63) is 30.1 Å². The molecule has 1 aliphatic carbocycles. The van der Waals surface area contributed by atoms with Gasteiger partial charge in [0.1, 0.15) is 17.7 Å². The lowest BCUT2D eigenvalue weighted by molar-refractivity contribution is -0.133. The molecule has 0 bridgehead atoms. The minimum Gasteiger partial charge on any atom is -0.489 e. The average molecular weight is 361 g/mol. The Morgan fingerprint density at radius 1 is 1.08 bits per heavy atom. The van der Waals surface area contributed by atoms with E-state index in [1.807, 2.05) is 4.90 Å². The third-order valence-electron chi connectivity index (χ3n) is 5.94. The van der Waals surface area contributed by atoms with Crippen molar-refractivity contribution in [3.63, 3.8) is 0 Å². The molecule has 3 fully saturated rings. The molecule has 26 heavy (non-hydrogen) atoms. The number of hydrogen-bond acceptors (Lipinski definition) is 4. The van der Waals surface area contributed by atoms with Gasteiger partial charge in [-0.15, -0.1) is 0 Å². The third-order valence-corrected chi connectivity index (χ3v) is 5.94. The van der Waals surface area contributed by atoms with Gasteiger partial charge in [0.05, 0.1) is 6.04 Å². The number of rotatable bonds is 4. The Morgan fingerprint density at radius 2 is 1.88 bits per heavy atom. The molecule has 1 aromatic rings. The number of nitrogens with zero attached hydrogens (tertiary/aromatic N) is 2. The van der Waals surface area contributed by atoms with Gasteiger partial charge >= 0.3 is 0 Å². The number of hydrogen-bond donors (Lipinski definition) is 1. The Balaban J connectivity index is 1.27. The molecule has 142 valence electrons. The highest BCUT2D eigenvalue weighted by molar-refractivity contribution is 5.82. The molecule has 0 radical (unpaired) electrons. The predicted octanol–water partition coefficient (Wildman–Crippen LogP) is 2.02. The van der Waals surface area contributed by atoms with Gasteiger partial charge in [0, 0.05) is 45.2 Å². The molecule has 4 rings (SSSR count). The second-order valence-corrected chi connectivity index (χ2v) is 7.69. The van der Waals surface area contributed by atoms with E-state index in [1.54, 1.807) is 12.1 Å². The standard InChI is InChI=1S/C20H28FN3O2/c21-15-5-7-17(8-6-15)26-18-13-19(22-14-18)20(25)24-10-2-9-23(11-12-24)16-3-1-4-16/h5-8,16,18-19,22H,1-4,9-14H2/t18-,19+/m1/s1. The summed E-state index contributed by atoms with van der Waals surface area (Å²) >= 11 is 0. The highest BCUT2D eigenvalue weighted by atomic mass is 19.1. The molecule has 2 atom stereocenters. The maximum Gasteiger partial charge on any atom is 0.239 e. The van der Waals surface area contributed by atoms with E-state index in [2.05, 4.69) is 10.2 Å². The van der Waals surface area contributed by atoms with Crippen LogP contribution in [0.5, 0.6) is 5.75 Å². The summed E-state index contributed by atoms with van der Waals surface area (Å²) in [7, 11) is 0. The number of amides is 1. The fourth-order valence-corrected chi connectivity index (χ4v) is 4.18. The summed E-state index contributed by atoms with van der Waals surface area (Å²) in [5, 5.41) is 3.31. The zero-order valence-corrected chi connectivity index (χ0v) is 15.2. The molecule has 1 saturated carbocycles. The van der Waals surface area contributed by atoms with Gasteiger partial charge in [-0.3, -0.25) is 9.69 Å². The molecule has 2 saturated heterocycles. The van der Waals surface area contributed by atoms with Gasteiger partial charge in [0.2, 0.25) is 5.91 Å². The van der Waals surface area contributed by atoms with Crippen LogP contribution >= 0.6 is 0 Å². The van der Waals surface area contributed by atoms with Gasteiger partial charge in [0.25, 0.3) is 0 Å². The first kappa shape index (κ1) is 17.7. The number of halogens is 1. The average Bonchev–Trinajstić information content (AvgIpc) is 2.93. The van der Waals surface area contributed by atoms with Crippen molar-refractivity contribution in [2.75, 3.05) is 32.7 Å². The molecule has 2 aliphatic heterocycles. The van der Waals surface area contributed by atoms with Crippen LogP contribution < -0.4 is 10.1 Å². The van der Waals surface area contributed by atoms with Crippen molar-refractivity contribution >= 4 is 5.91 Å². The summed E-state index contributed by atoms with van der Waals surface area (Å²) < 4.78 is 18.9. The van der Waals surface area contributed by atoms with E-state index in [-0.39, 0.29) is 23.9 Å². The SMILES string of the molecule is O=C([C@@H]1C[C@@H](Oc2ccc(F)cc2)CN1)N1CCCN(C2CCC2)CC1. The first-order valence-electron chi connectivity index (χ1n) is 9.87. The molecule has 2 heterocycles. The van der Waals surface area contributed by atoms with Crippen LogP contribution in [0.1, 0.15) is 32.1 Å². The predicted molar refractivity (Wildman–Crippen MR) is 97.6 cm³/mol. The Bertz CT molecular complexity index is 620. The van der Waals surface area contributed by atoms with E-state index in [1.165, 1.54) is 31.4 Å². The lowest BCUT2D eigenvalue weighted by Gasteiger charge is -2.36. The second kappa shape index (κ2) is 7.92. The van der Waals surface area contributed by atoms with Crippen LogP contribution in [0.3, 0.4) is 0 Å². The maximum absolute atomic E-state index is 13.0. The molecule has 0 aromatic heterocycles. The van der Waals surface area contributed by atoms with Crippen LogP contribution in [0.2, 0.25) is 0 Å². The van der Waals surface area contributed by atoms with Crippen LogP contribution in [0, 0.1) is 5.82 Å². The molecule has 6 heteroatoms. The van der Waals surface area contributed by atoms with Crippen molar-refractivity contribution in [2.24, 2.45) is 0 Å². The highest BCUT2D eigenvalue weighted by Crippen LogP contribution is 2.26. The van der Waals surface area contributed by atoms with E-state index < -0.39 is 0 Å². The zero-order valence-electron chi connectivity index (χ0n) is 15.2. The minimum absolute atomic E-state index is 0.0483. The molecule has 3 aliphatic rings. The molecule has 1 N–H and O–H groups in total. The smallest absolute Gasteiger partial charge is 0.239 e. The van der Waals surface area contributed by atoms with E-state index in [4.69, 9.17) is 4.74 Å². The summed E-state index contributed by atoms with van der Waals surface area (Å²) in [5.74, 6) is 0.579. The summed E-state index contributed by atoms with van der Waals surface area (Å²) in [4.78, 5) is 17.5. The van der Waals surface area contributed by atoms with Gasteiger partial charge < -0.3 is 15.0 Å². The Hall–Kier alpha value is -1.66. The lowest BCUT2D eigenvalue weighted by atomic mass is 9.91. The number of benzene rings is 1. The highest BCUT2D eigenvalue weighted by Gasteiger charge is 2.35. The number of carbonyl (C=O) groups is 1. The molecule has 1 amide bonds. The summed E-state index contributed by atoms with van der Waals surface area (Å²) in [6.07, 6.45) is 5.67. The van der Waals surface area contributed by atoms with Crippen LogP contribution in [0.4, 0.5) is 4.39 Å². The lowest BCUT2D eigenvalue weighted by Crippen LogP contribution is -2.46. The Labute approximate surface area is 154 Å². The van der Waals surface area contributed by atoms with Crippen LogP contribution in [-0.2, 0) is 4.79 Å². The number of nitrogens with one attached hydrogen (secondary N) is 1. The number of ether oxygens (including phenoxy) is 1. The first-order chi connectivity index (χ1) is 12.7. The third kappa shape index (κ3) is 4.01. The van der Waals surface area contributed by atoms with Crippen molar-refractivity contribution in [1.29, 1.82) is 0 Å². The van der Waals surface area contributed by atoms with Gasteiger partial charge in [-0.2, -0.15) is 0 Å². The summed E-state index contributed by atoms with van der Waals surface area (Å²) in [6, 6.07) is 6.64. The van der Waals surface area contributed by atoms with Crippen LogP contribution in [0.25, 0.3) is 0 Å². The van der Waals surface area contributed by atoms with Crippen LogP contribution in [0.15, 0.2) is 24.3 Å². The minimum atomic E-state index is -0.271. The summed E-state index contributed by atoms with van der Waals surface area (Å²) in [5.41, 5.74) is 0. The second-order valence-electron chi connectivity index (χ2n) is 7.69. The van der Waals surface area contributed by atoms with Gasteiger partial charge in [-0.25, -0.2) is 4.39 Å². The van der Waals surface area contributed by atoms with E-state index in [0.29, 0.717) is 18.7 Å². The van der Waals surface area contributed by atoms with Crippen LogP contribution in [-0.4, -0.2) is 66.6 Å². The van der Waals surface area contributed by atoms with Gasteiger partial charge in [0.15, 0.2) is 0 Å².